The lowest BCUT2D eigenvalue weighted by Gasteiger charge is -2.21. The minimum absolute atomic E-state index is 0.218. The van der Waals surface area contributed by atoms with Crippen LogP contribution in [0.3, 0.4) is 0 Å². The monoisotopic (exact) mass is 378 g/mol. The molecule has 0 atom stereocenters. The second kappa shape index (κ2) is 8.69. The Bertz CT molecular complexity index is 739. The van der Waals surface area contributed by atoms with E-state index in [1.54, 1.807) is 20.8 Å². The van der Waals surface area contributed by atoms with Crippen molar-refractivity contribution in [3.05, 3.63) is 34.4 Å². The highest BCUT2D eigenvalue weighted by Gasteiger charge is 2.28. The highest BCUT2D eigenvalue weighted by atomic mass is 32.2. The minimum atomic E-state index is -3.05. The van der Waals surface area contributed by atoms with Crippen molar-refractivity contribution in [2.45, 2.75) is 90.2 Å². The summed E-state index contributed by atoms with van der Waals surface area (Å²) < 4.78 is 23.5. The molecular weight excluding hydrogens is 344 g/mol. The van der Waals surface area contributed by atoms with Crippen molar-refractivity contribution in [3.8, 4) is 0 Å². The normalized spacial score (nSPS) is 14.9. The van der Waals surface area contributed by atoms with E-state index in [1.165, 1.54) is 35.1 Å². The van der Waals surface area contributed by atoms with Crippen LogP contribution in [0.4, 0.5) is 0 Å². The molecule has 1 aliphatic rings. The van der Waals surface area contributed by atoms with Gasteiger partial charge in [-0.1, -0.05) is 18.6 Å². The minimum Gasteiger partial charge on any atom is -0.299 e. The van der Waals surface area contributed by atoms with Crippen LogP contribution < -0.4 is 0 Å². The van der Waals surface area contributed by atoms with Crippen LogP contribution in [0.15, 0.2) is 12.1 Å². The van der Waals surface area contributed by atoms with Crippen LogP contribution in [0.25, 0.3) is 0 Å². The van der Waals surface area contributed by atoms with Crippen LogP contribution in [-0.2, 0) is 33.9 Å². The van der Waals surface area contributed by atoms with Crippen LogP contribution in [0.5, 0.6) is 0 Å². The summed E-state index contributed by atoms with van der Waals surface area (Å²) in [6, 6.07) is 4.29. The van der Waals surface area contributed by atoms with Gasteiger partial charge in [0.1, 0.15) is 5.78 Å². The average Bonchev–Trinajstić information content (AvgIpc) is 2.56. The van der Waals surface area contributed by atoms with Crippen LogP contribution in [0, 0.1) is 6.92 Å². The fourth-order valence-electron chi connectivity index (χ4n) is 3.69. The van der Waals surface area contributed by atoms with Gasteiger partial charge in [0.25, 0.3) is 0 Å². The third-order valence-corrected chi connectivity index (χ3v) is 8.25. The van der Waals surface area contributed by atoms with Crippen LogP contribution in [0.2, 0.25) is 0 Å². The summed E-state index contributed by atoms with van der Waals surface area (Å²) in [4.78, 5) is 12.4. The maximum absolute atomic E-state index is 12.4. The molecule has 0 fully saturated rings. The first kappa shape index (κ1) is 21.1. The molecule has 0 spiro atoms. The van der Waals surface area contributed by atoms with E-state index < -0.39 is 14.6 Å². The fraction of sp³-hybridized carbons (Fsp3) is 0.682. The fourth-order valence-corrected chi connectivity index (χ4v) is 4.88. The molecule has 0 unspecified atom stereocenters. The second-order valence-corrected chi connectivity index (χ2v) is 11.5. The van der Waals surface area contributed by atoms with Gasteiger partial charge in [-0.2, -0.15) is 0 Å². The van der Waals surface area contributed by atoms with Crippen LogP contribution in [-0.4, -0.2) is 24.7 Å². The standard InChI is InChI=1S/C22H34O3S/c1-17-13-14-18(21-12-8-7-11-20(17)21)16-19(23)10-6-5-9-15-26(24,25)22(2,3)4/h13-14H,5-12,15-16H2,1-4H3. The molecule has 146 valence electrons. The van der Waals surface area contributed by atoms with Crippen molar-refractivity contribution in [2.24, 2.45) is 0 Å². The van der Waals surface area contributed by atoms with Gasteiger partial charge in [-0.25, -0.2) is 8.42 Å². The highest BCUT2D eigenvalue weighted by Crippen LogP contribution is 2.28. The molecule has 0 heterocycles. The molecule has 0 amide bonds. The van der Waals surface area contributed by atoms with Gasteiger partial charge in [0.15, 0.2) is 9.84 Å². The smallest absolute Gasteiger partial charge is 0.155 e. The number of ketones is 1. The zero-order valence-electron chi connectivity index (χ0n) is 16.9. The predicted molar refractivity (Wildman–Crippen MR) is 109 cm³/mol. The van der Waals surface area contributed by atoms with Crippen molar-refractivity contribution in [1.29, 1.82) is 0 Å². The van der Waals surface area contributed by atoms with E-state index in [4.69, 9.17) is 0 Å². The summed E-state index contributed by atoms with van der Waals surface area (Å²) >= 11 is 0. The van der Waals surface area contributed by atoms with Gasteiger partial charge in [0, 0.05) is 12.8 Å². The summed E-state index contributed by atoms with van der Waals surface area (Å²) in [6.07, 6.45) is 8.03. The number of benzene rings is 1. The largest absolute Gasteiger partial charge is 0.299 e. The summed E-state index contributed by atoms with van der Waals surface area (Å²) in [7, 11) is -3.05. The van der Waals surface area contributed by atoms with E-state index in [9.17, 15) is 13.2 Å². The molecule has 2 rings (SSSR count). The molecule has 3 nitrogen and oxygen atoms in total. The molecule has 0 N–H and O–H groups in total. The molecule has 0 saturated carbocycles. The number of Topliss-reactive ketones (excluding diaryl/α,β-unsaturated/α-hetero) is 1. The molecule has 0 aliphatic heterocycles. The summed E-state index contributed by atoms with van der Waals surface area (Å²) in [5.41, 5.74) is 5.45. The van der Waals surface area contributed by atoms with Crippen molar-refractivity contribution in [3.63, 3.8) is 0 Å². The molecule has 0 bridgehead atoms. The Morgan fingerprint density at radius 1 is 1.00 bits per heavy atom. The first-order valence-electron chi connectivity index (χ1n) is 9.96. The van der Waals surface area contributed by atoms with E-state index in [0.29, 0.717) is 19.3 Å². The van der Waals surface area contributed by atoms with Gasteiger partial charge < -0.3 is 0 Å². The lowest BCUT2D eigenvalue weighted by atomic mass is 9.84. The third-order valence-electron chi connectivity index (χ3n) is 5.56. The van der Waals surface area contributed by atoms with Crippen molar-refractivity contribution >= 4 is 15.6 Å². The van der Waals surface area contributed by atoms with E-state index in [2.05, 4.69) is 19.1 Å². The lowest BCUT2D eigenvalue weighted by molar-refractivity contribution is -0.118. The maximum atomic E-state index is 12.4. The number of sulfone groups is 1. The van der Waals surface area contributed by atoms with Crippen molar-refractivity contribution < 1.29 is 13.2 Å². The van der Waals surface area contributed by atoms with Crippen LogP contribution in [0.1, 0.15) is 81.5 Å². The Morgan fingerprint density at radius 2 is 1.65 bits per heavy atom. The van der Waals surface area contributed by atoms with Gasteiger partial charge in [0.05, 0.1) is 10.5 Å². The van der Waals surface area contributed by atoms with E-state index in [0.717, 1.165) is 25.7 Å². The van der Waals surface area contributed by atoms with Gasteiger partial charge in [-0.15, -0.1) is 0 Å². The Morgan fingerprint density at radius 3 is 2.31 bits per heavy atom. The van der Waals surface area contributed by atoms with Gasteiger partial charge >= 0.3 is 0 Å². The first-order chi connectivity index (χ1) is 12.1. The Kier molecular flexibility index (Phi) is 7.06. The molecule has 0 aromatic heterocycles. The number of carbonyl (C=O) groups is 1. The zero-order chi connectivity index (χ0) is 19.4. The quantitative estimate of drug-likeness (QED) is 0.613. The number of hydrogen-bond donors (Lipinski definition) is 0. The number of unbranched alkanes of at least 4 members (excludes halogenated alkanes) is 2. The van der Waals surface area contributed by atoms with E-state index >= 15 is 0 Å². The Hall–Kier alpha value is -1.16. The molecular formula is C22H34O3S. The number of fused-ring (bicyclic) bond motifs is 1. The molecule has 26 heavy (non-hydrogen) atoms. The second-order valence-electron chi connectivity index (χ2n) is 8.66. The van der Waals surface area contributed by atoms with Gasteiger partial charge in [0.2, 0.25) is 0 Å². The van der Waals surface area contributed by atoms with Crippen molar-refractivity contribution in [1.82, 2.24) is 0 Å². The Balaban J connectivity index is 1.80. The predicted octanol–water partition coefficient (Wildman–Crippen LogP) is 4.76. The number of aryl methyl sites for hydroxylation is 1. The number of rotatable bonds is 8. The van der Waals surface area contributed by atoms with Crippen molar-refractivity contribution in [2.75, 3.05) is 5.75 Å². The molecule has 0 saturated heterocycles. The van der Waals surface area contributed by atoms with Gasteiger partial charge in [-0.3, -0.25) is 4.79 Å². The number of hydrogen-bond acceptors (Lipinski definition) is 3. The van der Waals surface area contributed by atoms with Crippen LogP contribution >= 0.6 is 0 Å². The lowest BCUT2D eigenvalue weighted by Crippen LogP contribution is -2.30. The zero-order valence-corrected chi connectivity index (χ0v) is 17.7. The molecule has 4 heteroatoms. The molecule has 1 aliphatic carbocycles. The summed E-state index contributed by atoms with van der Waals surface area (Å²) in [5.74, 6) is 0.496. The Labute approximate surface area is 159 Å². The topological polar surface area (TPSA) is 51.2 Å². The summed E-state index contributed by atoms with van der Waals surface area (Å²) in [6.45, 7) is 7.40. The molecule has 1 aromatic rings. The average molecular weight is 379 g/mol. The number of carbonyl (C=O) groups excluding carboxylic acids is 1. The SMILES string of the molecule is Cc1ccc(CC(=O)CCCCCS(=O)(=O)C(C)(C)C)c2c1CCCC2. The molecule has 1 aromatic carbocycles. The molecule has 0 radical (unpaired) electrons. The maximum Gasteiger partial charge on any atom is 0.155 e. The van der Waals surface area contributed by atoms with E-state index in [-0.39, 0.29) is 11.5 Å². The van der Waals surface area contributed by atoms with E-state index in [1.807, 2.05) is 0 Å². The highest BCUT2D eigenvalue weighted by molar-refractivity contribution is 7.92. The summed E-state index contributed by atoms with van der Waals surface area (Å²) in [5, 5.41) is 0. The third kappa shape index (κ3) is 5.42. The van der Waals surface area contributed by atoms with Gasteiger partial charge in [-0.05, 0) is 88.5 Å². The first-order valence-corrected chi connectivity index (χ1v) is 11.6.